The minimum absolute atomic E-state index is 0.117. The number of hydrogen-bond acceptors (Lipinski definition) is 7. The Morgan fingerprint density at radius 2 is 2.09 bits per heavy atom. The molecule has 2 aromatic rings. The van der Waals surface area contributed by atoms with E-state index in [4.69, 9.17) is 10.00 Å². The number of rotatable bonds is 8. The van der Waals surface area contributed by atoms with E-state index in [-0.39, 0.29) is 11.3 Å². The molecular weight excluding hydrogens is 444 g/mol. The van der Waals surface area contributed by atoms with Gasteiger partial charge >= 0.3 is 0 Å². The number of carbonyl (C=O) groups is 2. The highest BCUT2D eigenvalue weighted by atomic mass is 19.3. The van der Waals surface area contributed by atoms with E-state index in [0.29, 0.717) is 10.9 Å². The van der Waals surface area contributed by atoms with Gasteiger partial charge in [0.2, 0.25) is 5.91 Å². The Morgan fingerprint density at radius 3 is 2.79 bits per heavy atom. The molecule has 1 aliphatic rings. The second kappa shape index (κ2) is 10.0. The third-order valence-corrected chi connectivity index (χ3v) is 5.12. The zero-order chi connectivity index (χ0) is 24.2. The number of alkyl halides is 3. The smallest absolute Gasteiger partial charge is 0.268 e. The molecule has 33 heavy (non-hydrogen) atoms. The number of carbonyl (C=O) groups excluding carboxylic acids is 2. The predicted octanol–water partition coefficient (Wildman–Crippen LogP) is 0.794. The van der Waals surface area contributed by atoms with Crippen LogP contribution in [0.1, 0.15) is 16.8 Å². The van der Waals surface area contributed by atoms with Gasteiger partial charge in [-0.15, -0.1) is 0 Å². The van der Waals surface area contributed by atoms with E-state index in [9.17, 15) is 33.0 Å². The Kier molecular flexibility index (Phi) is 7.35. The Balaban J connectivity index is 1.70. The molecule has 2 heterocycles. The summed E-state index contributed by atoms with van der Waals surface area (Å²) in [7, 11) is 0. The highest BCUT2D eigenvalue weighted by Crippen LogP contribution is 2.31. The van der Waals surface area contributed by atoms with Crippen LogP contribution < -0.4 is 10.1 Å². The number of amides is 2. The summed E-state index contributed by atoms with van der Waals surface area (Å²) in [5.74, 6) is -4.44. The molecule has 1 saturated heterocycles. The van der Waals surface area contributed by atoms with Gasteiger partial charge in [0.15, 0.2) is 0 Å². The van der Waals surface area contributed by atoms with E-state index in [1.54, 1.807) is 6.07 Å². The van der Waals surface area contributed by atoms with Gasteiger partial charge in [-0.2, -0.15) is 5.26 Å². The summed E-state index contributed by atoms with van der Waals surface area (Å²) >= 11 is 0. The van der Waals surface area contributed by atoms with Crippen LogP contribution in [0.2, 0.25) is 0 Å². The average Bonchev–Trinajstić information content (AvgIpc) is 3.14. The maximum absolute atomic E-state index is 13.5. The lowest BCUT2D eigenvalue weighted by molar-refractivity contribution is -0.131. The standard InChI is InChI=1S/C21H21F3N4O5/c22-7-17(29)18(30)10-33-13-1-2-16-15(5-13)14(3-4-26-16)20(32)27-9-19(31)28-11-21(23,24)6-12(28)8-25/h1-5,12,17-18,29-30H,6-7,9-11H2,(H,27,32)/t12-,17?,18?/m0/s1/i22-1. The van der Waals surface area contributed by atoms with Gasteiger partial charge in [0, 0.05) is 18.0 Å². The molecule has 2 amide bonds. The lowest BCUT2D eigenvalue weighted by Gasteiger charge is -2.19. The van der Waals surface area contributed by atoms with Gasteiger partial charge in [-0.3, -0.25) is 14.6 Å². The van der Waals surface area contributed by atoms with E-state index >= 15 is 0 Å². The fourth-order valence-corrected chi connectivity index (χ4v) is 3.36. The number of aromatic nitrogens is 1. The Morgan fingerprint density at radius 1 is 1.33 bits per heavy atom. The highest BCUT2D eigenvalue weighted by molar-refractivity contribution is 6.07. The Labute approximate surface area is 186 Å². The van der Waals surface area contributed by atoms with Crippen molar-refractivity contribution in [1.29, 1.82) is 5.26 Å². The maximum Gasteiger partial charge on any atom is 0.268 e. The van der Waals surface area contributed by atoms with E-state index in [0.717, 1.165) is 4.90 Å². The fourth-order valence-electron chi connectivity index (χ4n) is 3.36. The second-order valence-electron chi connectivity index (χ2n) is 7.55. The zero-order valence-corrected chi connectivity index (χ0v) is 17.2. The molecule has 12 heteroatoms. The fraction of sp³-hybridized carbons (Fsp3) is 0.429. The van der Waals surface area contributed by atoms with Crippen LogP contribution in [0.25, 0.3) is 10.9 Å². The van der Waals surface area contributed by atoms with Crippen molar-refractivity contribution in [3.8, 4) is 11.8 Å². The SMILES string of the molecule is N#C[C@@H]1CC(F)(F)CN1C(=O)CNC(=O)c1ccnc2ccc(OCC(O)C(O)C[18F])cc12. The molecule has 0 bridgehead atoms. The molecule has 0 aliphatic carbocycles. The van der Waals surface area contributed by atoms with E-state index in [1.165, 1.54) is 30.5 Å². The lowest BCUT2D eigenvalue weighted by Crippen LogP contribution is -2.43. The second-order valence-corrected chi connectivity index (χ2v) is 7.55. The molecule has 2 unspecified atom stereocenters. The topological polar surface area (TPSA) is 136 Å². The summed E-state index contributed by atoms with van der Waals surface area (Å²) < 4.78 is 44.9. The molecule has 1 aromatic carbocycles. The molecule has 1 fully saturated rings. The first-order valence-corrected chi connectivity index (χ1v) is 9.94. The van der Waals surface area contributed by atoms with Crippen LogP contribution in [0.15, 0.2) is 30.5 Å². The number of ether oxygens (including phenoxy) is 1. The summed E-state index contributed by atoms with van der Waals surface area (Å²) in [5, 5.41) is 30.6. The molecule has 9 nitrogen and oxygen atoms in total. The highest BCUT2D eigenvalue weighted by Gasteiger charge is 2.47. The quantitative estimate of drug-likeness (QED) is 0.525. The number of aliphatic hydroxyl groups excluding tert-OH is 2. The number of fused-ring (bicyclic) bond motifs is 1. The van der Waals surface area contributed by atoms with Gasteiger partial charge in [-0.1, -0.05) is 0 Å². The van der Waals surface area contributed by atoms with Crippen LogP contribution in [0.3, 0.4) is 0 Å². The monoisotopic (exact) mass is 465 g/mol. The molecule has 1 aliphatic heterocycles. The van der Waals surface area contributed by atoms with Gasteiger partial charge in [-0.25, -0.2) is 13.2 Å². The molecule has 0 saturated carbocycles. The van der Waals surface area contributed by atoms with Crippen LogP contribution in [0.5, 0.6) is 5.75 Å². The number of hydrogen-bond donors (Lipinski definition) is 3. The summed E-state index contributed by atoms with van der Waals surface area (Å²) in [6.07, 6.45) is -2.43. The number of nitriles is 1. The van der Waals surface area contributed by atoms with Crippen molar-refractivity contribution >= 4 is 22.7 Å². The minimum atomic E-state index is -3.16. The third-order valence-electron chi connectivity index (χ3n) is 5.12. The van der Waals surface area contributed by atoms with Crippen LogP contribution in [0, 0.1) is 11.3 Å². The number of likely N-dealkylation sites (tertiary alicyclic amines) is 1. The van der Waals surface area contributed by atoms with Crippen molar-refractivity contribution in [2.45, 2.75) is 30.6 Å². The van der Waals surface area contributed by atoms with Crippen LogP contribution in [-0.4, -0.2) is 82.5 Å². The van der Waals surface area contributed by atoms with E-state index in [2.05, 4.69) is 10.3 Å². The molecule has 3 atom stereocenters. The normalized spacial score (nSPS) is 19.0. The van der Waals surface area contributed by atoms with E-state index < -0.39 is 68.8 Å². The van der Waals surface area contributed by atoms with Crippen molar-refractivity contribution in [3.05, 3.63) is 36.0 Å². The first-order chi connectivity index (χ1) is 15.6. The molecule has 1 aromatic heterocycles. The Bertz CT molecular complexity index is 1080. The van der Waals surface area contributed by atoms with Crippen molar-refractivity contribution in [2.75, 3.05) is 26.4 Å². The van der Waals surface area contributed by atoms with Crippen LogP contribution >= 0.6 is 0 Å². The summed E-state index contributed by atoms with van der Waals surface area (Å²) in [6, 6.07) is 6.27. The predicted molar refractivity (Wildman–Crippen MR) is 108 cm³/mol. The molecular formula is C21H21F3N4O5. The number of benzene rings is 1. The van der Waals surface area contributed by atoms with Gasteiger partial charge in [-0.05, 0) is 24.3 Å². The first-order valence-electron chi connectivity index (χ1n) is 9.94. The first kappa shape index (κ1) is 24.2. The van der Waals surface area contributed by atoms with Crippen molar-refractivity contribution in [2.24, 2.45) is 0 Å². The zero-order valence-electron chi connectivity index (χ0n) is 17.2. The number of pyridine rings is 1. The van der Waals surface area contributed by atoms with Crippen LogP contribution in [-0.2, 0) is 4.79 Å². The number of nitrogens with one attached hydrogen (secondary N) is 1. The number of halogens is 3. The Hall–Kier alpha value is -3.43. The summed E-state index contributed by atoms with van der Waals surface area (Å²) in [4.78, 5) is 29.9. The van der Waals surface area contributed by atoms with Crippen molar-refractivity contribution in [1.82, 2.24) is 15.2 Å². The maximum atomic E-state index is 13.5. The lowest BCUT2D eigenvalue weighted by atomic mass is 10.1. The van der Waals surface area contributed by atoms with Crippen molar-refractivity contribution < 1.29 is 37.7 Å². The third kappa shape index (κ3) is 5.68. The average molecular weight is 465 g/mol. The van der Waals surface area contributed by atoms with Crippen LogP contribution in [0.4, 0.5) is 13.2 Å². The molecule has 3 rings (SSSR count). The largest absolute Gasteiger partial charge is 0.491 e. The molecule has 0 spiro atoms. The number of aliphatic hydroxyl groups is 2. The molecule has 176 valence electrons. The molecule has 3 N–H and O–H groups in total. The summed E-state index contributed by atoms with van der Waals surface area (Å²) in [5.41, 5.74) is 0.528. The van der Waals surface area contributed by atoms with Gasteiger partial charge in [0.05, 0.1) is 30.2 Å². The van der Waals surface area contributed by atoms with Crippen molar-refractivity contribution in [3.63, 3.8) is 0 Å². The molecule has 0 radical (unpaired) electrons. The van der Waals surface area contributed by atoms with Gasteiger partial charge in [0.25, 0.3) is 11.8 Å². The van der Waals surface area contributed by atoms with Gasteiger partial charge < -0.3 is 25.2 Å². The summed E-state index contributed by atoms with van der Waals surface area (Å²) in [6.45, 7) is -3.00. The number of nitrogens with zero attached hydrogens (tertiary/aromatic N) is 3. The minimum Gasteiger partial charge on any atom is -0.491 e. The van der Waals surface area contributed by atoms with Gasteiger partial charge in [0.1, 0.15) is 37.3 Å². The van der Waals surface area contributed by atoms with E-state index in [1.807, 2.05) is 0 Å².